The Hall–Kier alpha value is -3.32. The van der Waals surface area contributed by atoms with Crippen LogP contribution in [-0.2, 0) is 18.9 Å². The lowest BCUT2D eigenvalue weighted by atomic mass is 9.79. The van der Waals surface area contributed by atoms with E-state index in [-0.39, 0.29) is 5.41 Å². The van der Waals surface area contributed by atoms with Crippen LogP contribution in [0, 0.1) is 0 Å². The monoisotopic (exact) mass is 385 g/mol. The lowest BCUT2D eigenvalue weighted by molar-refractivity contribution is 0.666. The minimum absolute atomic E-state index is 0.0269. The number of fused-ring (bicyclic) bond motifs is 12. The highest BCUT2D eigenvalue weighted by atomic mass is 14.9. The van der Waals surface area contributed by atoms with Crippen molar-refractivity contribution in [3.8, 4) is 22.3 Å². The molecule has 1 nitrogen and oxygen atoms in total. The number of aromatic nitrogens is 1. The highest BCUT2D eigenvalue weighted by Gasteiger charge is 2.42. The normalized spacial score (nSPS) is 15.3. The molecule has 1 heteroatoms. The molecule has 0 amide bonds. The molecule has 1 heterocycles. The summed E-state index contributed by atoms with van der Waals surface area (Å²) >= 11 is 0. The average Bonchev–Trinajstić information content (AvgIpc) is 3.36. The number of rotatable bonds is 0. The molecule has 0 unspecified atom stereocenters. The Bertz CT molecular complexity index is 1540. The molecule has 5 aromatic rings. The van der Waals surface area contributed by atoms with Gasteiger partial charge in [0.25, 0.3) is 0 Å². The van der Waals surface area contributed by atoms with Gasteiger partial charge in [-0.25, -0.2) is 0 Å². The summed E-state index contributed by atoms with van der Waals surface area (Å²) < 4.78 is 2.44. The van der Waals surface area contributed by atoms with Crippen molar-refractivity contribution >= 4 is 21.8 Å². The largest absolute Gasteiger partial charge is 0.343 e. The first-order valence-electron chi connectivity index (χ1n) is 10.8. The van der Waals surface area contributed by atoms with Crippen molar-refractivity contribution in [3.63, 3.8) is 0 Å². The number of hydrogen-bond donors (Lipinski definition) is 0. The molecule has 2 aliphatic carbocycles. The van der Waals surface area contributed by atoms with Gasteiger partial charge in [-0.3, -0.25) is 0 Å². The number of benzene rings is 4. The lowest BCUT2D eigenvalue weighted by Gasteiger charge is -2.24. The summed E-state index contributed by atoms with van der Waals surface area (Å²) in [5.74, 6) is 0. The van der Waals surface area contributed by atoms with Crippen LogP contribution in [0.5, 0.6) is 0 Å². The maximum atomic E-state index is 2.44. The van der Waals surface area contributed by atoms with Gasteiger partial charge < -0.3 is 4.57 Å². The molecule has 0 bridgehead atoms. The zero-order valence-corrected chi connectivity index (χ0v) is 17.6. The maximum Gasteiger partial charge on any atom is 0.0534 e. The van der Waals surface area contributed by atoms with Gasteiger partial charge in [0.2, 0.25) is 0 Å². The van der Waals surface area contributed by atoms with E-state index in [1.54, 1.807) is 0 Å². The van der Waals surface area contributed by atoms with E-state index in [9.17, 15) is 0 Å². The third-order valence-corrected chi connectivity index (χ3v) is 7.59. The Morgan fingerprint density at radius 3 is 2.33 bits per heavy atom. The molecule has 0 N–H and O–H groups in total. The highest BCUT2D eigenvalue weighted by Crippen LogP contribution is 2.59. The van der Waals surface area contributed by atoms with Gasteiger partial charge in [0, 0.05) is 35.2 Å². The summed E-state index contributed by atoms with van der Waals surface area (Å²) in [6.07, 6.45) is 1.02. The van der Waals surface area contributed by atoms with Crippen LogP contribution >= 0.6 is 0 Å². The molecular weight excluding hydrogens is 362 g/mol. The molecule has 0 radical (unpaired) electrons. The van der Waals surface area contributed by atoms with Gasteiger partial charge in [0.1, 0.15) is 0 Å². The summed E-state index contributed by atoms with van der Waals surface area (Å²) in [4.78, 5) is 0. The van der Waals surface area contributed by atoms with E-state index in [2.05, 4.69) is 98.3 Å². The minimum Gasteiger partial charge on any atom is -0.343 e. The minimum atomic E-state index is -0.0269. The molecular formula is C29H23N. The van der Waals surface area contributed by atoms with Gasteiger partial charge in [-0.1, -0.05) is 80.6 Å². The summed E-state index contributed by atoms with van der Waals surface area (Å²) in [5, 5.41) is 2.83. The van der Waals surface area contributed by atoms with Crippen LogP contribution in [0.2, 0.25) is 0 Å². The van der Waals surface area contributed by atoms with E-state index in [1.807, 2.05) is 0 Å². The predicted molar refractivity (Wildman–Crippen MR) is 126 cm³/mol. The Kier molecular flexibility index (Phi) is 2.87. The zero-order valence-electron chi connectivity index (χ0n) is 17.6. The average molecular weight is 386 g/mol. The summed E-state index contributed by atoms with van der Waals surface area (Å²) in [6.45, 7) is 4.82. The molecule has 0 saturated heterocycles. The van der Waals surface area contributed by atoms with Crippen molar-refractivity contribution in [2.24, 2.45) is 7.05 Å². The van der Waals surface area contributed by atoms with Gasteiger partial charge in [-0.2, -0.15) is 0 Å². The fourth-order valence-corrected chi connectivity index (χ4v) is 6.37. The van der Waals surface area contributed by atoms with Crippen LogP contribution in [0.4, 0.5) is 0 Å². The van der Waals surface area contributed by atoms with Gasteiger partial charge in [0.05, 0.1) is 5.52 Å². The van der Waals surface area contributed by atoms with Crippen molar-refractivity contribution in [1.29, 1.82) is 0 Å². The van der Waals surface area contributed by atoms with E-state index in [0.717, 1.165) is 6.42 Å². The molecule has 30 heavy (non-hydrogen) atoms. The molecule has 0 spiro atoms. The van der Waals surface area contributed by atoms with E-state index < -0.39 is 0 Å². The van der Waals surface area contributed by atoms with Crippen LogP contribution in [0.25, 0.3) is 44.1 Å². The van der Waals surface area contributed by atoms with Gasteiger partial charge >= 0.3 is 0 Å². The first-order valence-corrected chi connectivity index (χ1v) is 10.8. The lowest BCUT2D eigenvalue weighted by Crippen LogP contribution is -2.15. The van der Waals surface area contributed by atoms with E-state index in [1.165, 1.54) is 66.3 Å². The molecule has 7 rings (SSSR count). The Morgan fingerprint density at radius 2 is 1.47 bits per heavy atom. The van der Waals surface area contributed by atoms with Gasteiger partial charge in [0.15, 0.2) is 0 Å². The zero-order chi connectivity index (χ0) is 20.2. The summed E-state index contributed by atoms with van der Waals surface area (Å²) in [6, 6.07) is 27.0. The van der Waals surface area contributed by atoms with Gasteiger partial charge in [-0.05, 0) is 50.6 Å². The Morgan fingerprint density at radius 1 is 0.767 bits per heavy atom. The fourth-order valence-electron chi connectivity index (χ4n) is 6.37. The molecule has 144 valence electrons. The van der Waals surface area contributed by atoms with Crippen LogP contribution < -0.4 is 0 Å². The number of hydrogen-bond acceptors (Lipinski definition) is 0. The topological polar surface area (TPSA) is 4.93 Å². The predicted octanol–water partition coefficient (Wildman–Crippen LogP) is 7.21. The second-order valence-corrected chi connectivity index (χ2v) is 9.41. The first-order chi connectivity index (χ1) is 14.6. The summed E-state index contributed by atoms with van der Waals surface area (Å²) in [5.41, 5.74) is 14.4. The van der Waals surface area contributed by atoms with Crippen LogP contribution in [0.15, 0.2) is 72.8 Å². The second-order valence-electron chi connectivity index (χ2n) is 9.41. The van der Waals surface area contributed by atoms with Gasteiger partial charge in [-0.15, -0.1) is 0 Å². The number of para-hydroxylation sites is 1. The summed E-state index contributed by atoms with van der Waals surface area (Å²) in [7, 11) is 2.25. The van der Waals surface area contributed by atoms with Crippen LogP contribution in [0.1, 0.15) is 36.1 Å². The molecule has 2 aliphatic rings. The van der Waals surface area contributed by atoms with E-state index >= 15 is 0 Å². The van der Waals surface area contributed by atoms with Crippen molar-refractivity contribution < 1.29 is 0 Å². The van der Waals surface area contributed by atoms with Crippen molar-refractivity contribution in [2.75, 3.05) is 0 Å². The van der Waals surface area contributed by atoms with Crippen molar-refractivity contribution in [3.05, 3.63) is 95.1 Å². The van der Waals surface area contributed by atoms with Crippen molar-refractivity contribution in [1.82, 2.24) is 4.57 Å². The Labute approximate surface area is 176 Å². The molecule has 0 atom stereocenters. The first kappa shape index (κ1) is 16.5. The fraction of sp³-hybridized carbons (Fsp3) is 0.172. The quantitative estimate of drug-likeness (QED) is 0.260. The third-order valence-electron chi connectivity index (χ3n) is 7.59. The molecule has 1 aromatic heterocycles. The van der Waals surface area contributed by atoms with E-state index in [0.29, 0.717) is 0 Å². The van der Waals surface area contributed by atoms with Crippen molar-refractivity contribution in [2.45, 2.75) is 25.7 Å². The van der Waals surface area contributed by atoms with E-state index in [4.69, 9.17) is 0 Å². The number of nitrogens with zero attached hydrogens (tertiary/aromatic N) is 1. The molecule has 0 aliphatic heterocycles. The SMILES string of the molecule is Cn1c2ccccc2c2c3c(c4c(c21)Cc1ccccc1-4)-c1ccccc1C3(C)C. The smallest absolute Gasteiger partial charge is 0.0534 e. The third kappa shape index (κ3) is 1.72. The van der Waals surface area contributed by atoms with Crippen LogP contribution in [-0.4, -0.2) is 4.57 Å². The molecule has 4 aromatic carbocycles. The number of aryl methyl sites for hydroxylation is 1. The molecule has 0 fully saturated rings. The highest BCUT2D eigenvalue weighted by molar-refractivity contribution is 6.18. The van der Waals surface area contributed by atoms with Crippen LogP contribution in [0.3, 0.4) is 0 Å². The second kappa shape index (κ2) is 5.23. The Balaban J connectivity index is 1.82. The maximum absolute atomic E-state index is 2.44. The standard InChI is InChI=1S/C29H23N/c1-29(2)22-14-8-6-12-19(22)25-24-18-11-5-4-10-17(18)16-21(24)28-26(27(25)29)20-13-7-9-15-23(20)30(28)3/h4-15H,16H2,1-3H3. The molecule has 0 saturated carbocycles.